The van der Waals surface area contributed by atoms with Gasteiger partial charge < -0.3 is 9.30 Å². The van der Waals surface area contributed by atoms with Gasteiger partial charge in [0.05, 0.1) is 0 Å². The van der Waals surface area contributed by atoms with Crippen molar-refractivity contribution in [2.75, 3.05) is 6.61 Å². The van der Waals surface area contributed by atoms with Gasteiger partial charge in [-0.1, -0.05) is 36.8 Å². The lowest BCUT2D eigenvalue weighted by atomic mass is 10.1. The average Bonchev–Trinajstić information content (AvgIpc) is 3.14. The molecule has 1 amide bonds. The zero-order chi connectivity index (χ0) is 19.9. The highest BCUT2D eigenvalue weighted by molar-refractivity contribution is 7.07. The van der Waals surface area contributed by atoms with E-state index in [4.69, 9.17) is 4.74 Å². The van der Waals surface area contributed by atoms with Crippen LogP contribution in [-0.4, -0.2) is 22.9 Å². The largest absolute Gasteiger partial charge is 0.484 e. The van der Waals surface area contributed by atoms with Crippen molar-refractivity contribution in [1.29, 1.82) is 0 Å². The van der Waals surface area contributed by atoms with Crippen LogP contribution in [0.5, 0.6) is 5.75 Å². The molecule has 0 saturated carbocycles. The number of amides is 1. The van der Waals surface area contributed by atoms with Crippen LogP contribution in [0.3, 0.4) is 0 Å². The summed E-state index contributed by atoms with van der Waals surface area (Å²) in [5.41, 5.74) is 3.00. The number of benzene rings is 2. The van der Waals surface area contributed by atoms with Crippen molar-refractivity contribution >= 4 is 23.0 Å². The molecular formula is C22H22N2O3S. The van der Waals surface area contributed by atoms with Crippen molar-refractivity contribution in [3.05, 3.63) is 81.6 Å². The van der Waals surface area contributed by atoms with Crippen molar-refractivity contribution in [1.82, 2.24) is 4.57 Å². The molecule has 28 heavy (non-hydrogen) atoms. The van der Waals surface area contributed by atoms with Gasteiger partial charge in [-0.3, -0.25) is 9.59 Å². The topological polar surface area (TPSA) is 60.7 Å². The molecule has 2 aromatic carbocycles. The normalized spacial score (nSPS) is 11.4. The van der Waals surface area contributed by atoms with E-state index in [1.54, 1.807) is 24.3 Å². The predicted molar refractivity (Wildman–Crippen MR) is 110 cm³/mol. The summed E-state index contributed by atoms with van der Waals surface area (Å²) < 4.78 is 7.44. The minimum Gasteiger partial charge on any atom is -0.484 e. The van der Waals surface area contributed by atoms with E-state index in [1.165, 1.54) is 16.9 Å². The Morgan fingerprint density at radius 1 is 1.07 bits per heavy atom. The summed E-state index contributed by atoms with van der Waals surface area (Å²) in [6.07, 6.45) is 2.38. The van der Waals surface area contributed by atoms with Crippen LogP contribution in [-0.2, 0) is 11.3 Å². The molecule has 0 spiro atoms. The van der Waals surface area contributed by atoms with Crippen LogP contribution < -0.4 is 9.54 Å². The number of carbonyl (C=O) groups is 2. The van der Waals surface area contributed by atoms with E-state index in [2.05, 4.69) is 36.2 Å². The van der Waals surface area contributed by atoms with Gasteiger partial charge in [0.1, 0.15) is 5.75 Å². The van der Waals surface area contributed by atoms with Gasteiger partial charge in [-0.15, -0.1) is 11.3 Å². The molecule has 3 aromatic rings. The summed E-state index contributed by atoms with van der Waals surface area (Å²) in [5.74, 6) is 0.261. The standard InChI is InChI=1S/C22H22N2O3S/c1-3-20(25)18-8-10-19(11-9-18)27-15-21(26)23-22-24(12-13-28-22)14-17-6-4-16(2)5-7-17/h4-13H,3,14-15H2,1-2H3. The first-order valence-electron chi connectivity index (χ1n) is 9.08. The smallest absolute Gasteiger partial charge is 0.286 e. The maximum absolute atomic E-state index is 12.2. The molecule has 0 N–H and O–H groups in total. The lowest BCUT2D eigenvalue weighted by Crippen LogP contribution is -2.19. The van der Waals surface area contributed by atoms with Crippen molar-refractivity contribution in [3.63, 3.8) is 0 Å². The number of ketones is 1. The predicted octanol–water partition coefficient (Wildman–Crippen LogP) is 4.01. The Labute approximate surface area is 168 Å². The Balaban J connectivity index is 1.63. The van der Waals surface area contributed by atoms with E-state index in [9.17, 15) is 9.59 Å². The fourth-order valence-corrected chi connectivity index (χ4v) is 3.37. The van der Waals surface area contributed by atoms with E-state index in [1.807, 2.05) is 23.1 Å². The molecular weight excluding hydrogens is 372 g/mol. The van der Waals surface area contributed by atoms with Crippen molar-refractivity contribution in [3.8, 4) is 5.75 Å². The van der Waals surface area contributed by atoms with E-state index >= 15 is 0 Å². The first kappa shape index (κ1) is 19.8. The quantitative estimate of drug-likeness (QED) is 0.569. The van der Waals surface area contributed by atoms with Gasteiger partial charge in [0.25, 0.3) is 5.91 Å². The van der Waals surface area contributed by atoms with Gasteiger partial charge in [-0.05, 0) is 36.8 Å². The minimum absolute atomic E-state index is 0.0773. The Bertz CT molecular complexity index is 1010. The molecule has 0 bridgehead atoms. The van der Waals surface area contributed by atoms with Gasteiger partial charge >= 0.3 is 0 Å². The fraction of sp³-hybridized carbons (Fsp3) is 0.227. The number of hydrogen-bond acceptors (Lipinski definition) is 4. The van der Waals surface area contributed by atoms with Crippen LogP contribution in [0.25, 0.3) is 0 Å². The Kier molecular flexibility index (Phi) is 6.55. The molecule has 0 saturated heterocycles. The second-order valence-electron chi connectivity index (χ2n) is 6.39. The van der Waals surface area contributed by atoms with Crippen LogP contribution in [0.4, 0.5) is 0 Å². The Morgan fingerprint density at radius 3 is 2.46 bits per heavy atom. The number of carbonyl (C=O) groups excluding carboxylic acids is 2. The highest BCUT2D eigenvalue weighted by atomic mass is 32.1. The summed E-state index contributed by atoms with van der Waals surface area (Å²) in [5, 5.41) is 1.91. The van der Waals surface area contributed by atoms with E-state index in [-0.39, 0.29) is 18.3 Å². The molecule has 0 aliphatic heterocycles. The van der Waals surface area contributed by atoms with Crippen LogP contribution >= 0.6 is 11.3 Å². The first-order chi connectivity index (χ1) is 13.5. The minimum atomic E-state index is -0.353. The molecule has 0 unspecified atom stereocenters. The second kappa shape index (κ2) is 9.28. The van der Waals surface area contributed by atoms with Crippen molar-refractivity contribution in [2.45, 2.75) is 26.8 Å². The highest BCUT2D eigenvalue weighted by Gasteiger charge is 2.06. The summed E-state index contributed by atoms with van der Waals surface area (Å²) in [6, 6.07) is 15.1. The van der Waals surface area contributed by atoms with Gasteiger partial charge in [-0.25, -0.2) is 0 Å². The summed E-state index contributed by atoms with van der Waals surface area (Å²) >= 11 is 1.41. The number of Topliss-reactive ketones (excluding diaryl/α,β-unsaturated/α-hetero) is 1. The molecule has 5 nitrogen and oxygen atoms in total. The van der Waals surface area contributed by atoms with Crippen LogP contribution in [0.2, 0.25) is 0 Å². The summed E-state index contributed by atoms with van der Waals surface area (Å²) in [6.45, 7) is 4.38. The first-order valence-corrected chi connectivity index (χ1v) is 9.96. The molecule has 0 aliphatic rings. The van der Waals surface area contributed by atoms with Gasteiger partial charge in [0, 0.05) is 30.1 Å². The SMILES string of the molecule is CCC(=O)c1ccc(OCC(=O)N=c2sccn2Cc2ccc(C)cc2)cc1. The van der Waals surface area contributed by atoms with Crippen LogP contribution in [0.15, 0.2) is 65.1 Å². The number of aryl methyl sites for hydroxylation is 1. The lowest BCUT2D eigenvalue weighted by molar-refractivity contribution is -0.120. The monoisotopic (exact) mass is 394 g/mol. The number of hydrogen-bond donors (Lipinski definition) is 0. The second-order valence-corrected chi connectivity index (χ2v) is 7.27. The van der Waals surface area contributed by atoms with Crippen LogP contribution in [0.1, 0.15) is 34.8 Å². The molecule has 144 valence electrons. The maximum atomic E-state index is 12.2. The van der Waals surface area contributed by atoms with E-state index in [0.29, 0.717) is 29.1 Å². The molecule has 3 rings (SSSR count). The Hall–Kier alpha value is -2.99. The zero-order valence-electron chi connectivity index (χ0n) is 15.9. The molecule has 6 heteroatoms. The number of rotatable bonds is 7. The molecule has 0 fully saturated rings. The number of nitrogens with zero attached hydrogens (tertiary/aromatic N) is 2. The molecule has 0 atom stereocenters. The average molecular weight is 394 g/mol. The van der Waals surface area contributed by atoms with Gasteiger partial charge in [0.15, 0.2) is 17.2 Å². The lowest BCUT2D eigenvalue weighted by Gasteiger charge is -2.05. The third-order valence-corrected chi connectivity index (χ3v) is 5.01. The highest BCUT2D eigenvalue weighted by Crippen LogP contribution is 2.13. The van der Waals surface area contributed by atoms with Gasteiger partial charge in [-0.2, -0.15) is 4.99 Å². The third kappa shape index (κ3) is 5.27. The van der Waals surface area contributed by atoms with E-state index in [0.717, 1.165) is 5.56 Å². The Morgan fingerprint density at radius 2 is 1.79 bits per heavy atom. The van der Waals surface area contributed by atoms with E-state index < -0.39 is 0 Å². The number of ether oxygens (including phenoxy) is 1. The fourth-order valence-electron chi connectivity index (χ4n) is 2.62. The molecule has 0 aliphatic carbocycles. The maximum Gasteiger partial charge on any atom is 0.286 e. The zero-order valence-corrected chi connectivity index (χ0v) is 16.7. The number of thiazole rings is 1. The molecule has 0 radical (unpaired) electrons. The van der Waals surface area contributed by atoms with Crippen molar-refractivity contribution < 1.29 is 14.3 Å². The number of aromatic nitrogens is 1. The van der Waals surface area contributed by atoms with Crippen molar-refractivity contribution in [2.24, 2.45) is 4.99 Å². The third-order valence-electron chi connectivity index (χ3n) is 4.21. The van der Waals surface area contributed by atoms with Crippen LogP contribution in [0, 0.1) is 6.92 Å². The summed E-state index contributed by atoms with van der Waals surface area (Å²) in [4.78, 5) is 28.6. The molecule has 1 aromatic heterocycles. The van der Waals surface area contributed by atoms with Gasteiger partial charge in [0.2, 0.25) is 0 Å². The summed E-state index contributed by atoms with van der Waals surface area (Å²) in [7, 11) is 0. The molecule has 1 heterocycles.